The molecule has 2 heterocycles. The summed E-state index contributed by atoms with van der Waals surface area (Å²) in [6.45, 7) is 2.67. The van der Waals surface area contributed by atoms with Crippen molar-refractivity contribution in [2.24, 2.45) is 0 Å². The van der Waals surface area contributed by atoms with E-state index in [0.29, 0.717) is 6.42 Å². The van der Waals surface area contributed by atoms with Gasteiger partial charge in [-0.2, -0.15) is 0 Å². The zero-order valence-electron chi connectivity index (χ0n) is 10.9. The summed E-state index contributed by atoms with van der Waals surface area (Å²) in [6.07, 6.45) is 0.960. The number of fused-ring (bicyclic) bond motifs is 1. The third-order valence-electron chi connectivity index (χ3n) is 3.45. The number of hydrogen-bond donors (Lipinski definition) is 1. The summed E-state index contributed by atoms with van der Waals surface area (Å²) in [7, 11) is 0. The van der Waals surface area contributed by atoms with E-state index in [4.69, 9.17) is 4.74 Å². The van der Waals surface area contributed by atoms with Crippen molar-refractivity contribution in [2.75, 3.05) is 6.61 Å². The lowest BCUT2D eigenvalue weighted by molar-refractivity contribution is 0.00370. The van der Waals surface area contributed by atoms with Crippen molar-refractivity contribution in [2.45, 2.75) is 32.0 Å². The third kappa shape index (κ3) is 2.71. The molecule has 0 aliphatic carbocycles. The molecule has 2 atom stereocenters. The van der Waals surface area contributed by atoms with Gasteiger partial charge in [0, 0.05) is 17.5 Å². The van der Waals surface area contributed by atoms with Gasteiger partial charge in [-0.05, 0) is 24.5 Å². The number of hydrogen-bond acceptors (Lipinski definition) is 4. The quantitative estimate of drug-likeness (QED) is 0.935. The average Bonchev–Trinajstić information content (AvgIpc) is 2.86. The summed E-state index contributed by atoms with van der Waals surface area (Å²) < 4.78 is 5.82. The summed E-state index contributed by atoms with van der Waals surface area (Å²) in [6, 6.07) is 8.33. The van der Waals surface area contributed by atoms with Crippen molar-refractivity contribution >= 4 is 11.3 Å². The van der Waals surface area contributed by atoms with Gasteiger partial charge in [0.2, 0.25) is 0 Å². The number of aliphatic hydroxyl groups is 1. The zero-order chi connectivity index (χ0) is 13.2. The molecule has 0 saturated carbocycles. The van der Waals surface area contributed by atoms with Gasteiger partial charge in [-0.15, -0.1) is 11.3 Å². The molecule has 1 aliphatic heterocycles. The van der Waals surface area contributed by atoms with Gasteiger partial charge in [-0.1, -0.05) is 24.3 Å². The number of benzene rings is 1. The number of aryl methyl sites for hydroxylation is 1. The van der Waals surface area contributed by atoms with Crippen LogP contribution in [0.3, 0.4) is 0 Å². The Balaban J connectivity index is 1.77. The van der Waals surface area contributed by atoms with Crippen LogP contribution in [0.1, 0.15) is 40.5 Å². The number of nitrogens with zero attached hydrogens (tertiary/aromatic N) is 1. The van der Waals surface area contributed by atoms with Gasteiger partial charge >= 0.3 is 0 Å². The summed E-state index contributed by atoms with van der Waals surface area (Å²) in [5, 5.41) is 13.0. The fourth-order valence-corrected chi connectivity index (χ4v) is 3.29. The van der Waals surface area contributed by atoms with E-state index in [9.17, 15) is 5.11 Å². The van der Waals surface area contributed by atoms with Gasteiger partial charge in [0.15, 0.2) is 0 Å². The molecule has 19 heavy (non-hydrogen) atoms. The molecule has 0 saturated heterocycles. The van der Waals surface area contributed by atoms with Crippen molar-refractivity contribution in [3.63, 3.8) is 0 Å². The molecule has 1 aromatic carbocycles. The Labute approximate surface area is 116 Å². The molecule has 4 heteroatoms. The fourth-order valence-electron chi connectivity index (χ4n) is 2.50. The van der Waals surface area contributed by atoms with Crippen LogP contribution >= 0.6 is 11.3 Å². The fraction of sp³-hybridized carbons (Fsp3) is 0.400. The molecule has 1 N–H and O–H groups in total. The second-order valence-corrected chi connectivity index (χ2v) is 5.78. The van der Waals surface area contributed by atoms with Crippen LogP contribution in [0.4, 0.5) is 0 Å². The Hall–Kier alpha value is -1.23. The predicted octanol–water partition coefficient (Wildman–Crippen LogP) is 3.19. The van der Waals surface area contributed by atoms with Gasteiger partial charge in [0.25, 0.3) is 0 Å². The highest BCUT2D eigenvalue weighted by Gasteiger charge is 2.24. The lowest BCUT2D eigenvalue weighted by Crippen LogP contribution is -2.18. The maximum atomic E-state index is 10.3. The average molecular weight is 275 g/mol. The Bertz CT molecular complexity index is 567. The Morgan fingerprint density at radius 1 is 1.47 bits per heavy atom. The van der Waals surface area contributed by atoms with Gasteiger partial charge in [-0.3, -0.25) is 0 Å². The van der Waals surface area contributed by atoms with Gasteiger partial charge in [-0.25, -0.2) is 4.98 Å². The Morgan fingerprint density at radius 2 is 2.32 bits per heavy atom. The standard InChI is InChI=1S/C15H17NO2S/c1-10-9-19-15(16-10)13(17)8-14-12-5-3-2-4-11(12)6-7-18-14/h2-5,9,13-14,17H,6-8H2,1H3. The maximum Gasteiger partial charge on any atom is 0.122 e. The third-order valence-corrected chi connectivity index (χ3v) is 4.52. The van der Waals surface area contributed by atoms with E-state index in [-0.39, 0.29) is 6.10 Å². The molecule has 100 valence electrons. The monoisotopic (exact) mass is 275 g/mol. The SMILES string of the molecule is Cc1csc(C(O)CC2OCCc3ccccc32)n1. The molecule has 0 amide bonds. The minimum Gasteiger partial charge on any atom is -0.386 e. The lowest BCUT2D eigenvalue weighted by Gasteiger charge is -2.27. The lowest BCUT2D eigenvalue weighted by atomic mass is 9.94. The summed E-state index contributed by atoms with van der Waals surface area (Å²) in [4.78, 5) is 4.35. The summed E-state index contributed by atoms with van der Waals surface area (Å²) >= 11 is 1.51. The van der Waals surface area contributed by atoms with Crippen LogP contribution in [0.25, 0.3) is 0 Å². The van der Waals surface area contributed by atoms with E-state index >= 15 is 0 Å². The molecule has 0 bridgehead atoms. The molecule has 2 unspecified atom stereocenters. The maximum absolute atomic E-state index is 10.3. The normalized spacial score (nSPS) is 20.0. The molecule has 3 rings (SSSR count). The van der Waals surface area contributed by atoms with E-state index in [1.165, 1.54) is 22.5 Å². The smallest absolute Gasteiger partial charge is 0.122 e. The first-order valence-electron chi connectivity index (χ1n) is 6.53. The summed E-state index contributed by atoms with van der Waals surface area (Å²) in [5.41, 5.74) is 3.51. The predicted molar refractivity (Wildman–Crippen MR) is 75.3 cm³/mol. The number of aromatic nitrogens is 1. The van der Waals surface area contributed by atoms with Crippen molar-refractivity contribution in [1.82, 2.24) is 4.98 Å². The first-order valence-corrected chi connectivity index (χ1v) is 7.41. The highest BCUT2D eigenvalue weighted by molar-refractivity contribution is 7.09. The highest BCUT2D eigenvalue weighted by atomic mass is 32.1. The molecule has 1 aliphatic rings. The number of thiazole rings is 1. The topological polar surface area (TPSA) is 42.4 Å². The van der Waals surface area contributed by atoms with Crippen molar-refractivity contribution in [3.05, 3.63) is 51.5 Å². The second kappa shape index (κ2) is 5.41. The van der Waals surface area contributed by atoms with Crippen molar-refractivity contribution < 1.29 is 9.84 Å². The first kappa shape index (κ1) is 12.8. The van der Waals surface area contributed by atoms with Crippen molar-refractivity contribution in [1.29, 1.82) is 0 Å². The summed E-state index contributed by atoms with van der Waals surface area (Å²) in [5.74, 6) is 0. The second-order valence-electron chi connectivity index (χ2n) is 4.89. The van der Waals surface area contributed by atoms with E-state index in [1.807, 2.05) is 18.4 Å². The number of ether oxygens (including phenoxy) is 1. The molecule has 0 spiro atoms. The van der Waals surface area contributed by atoms with Crippen molar-refractivity contribution in [3.8, 4) is 0 Å². The molecule has 0 fully saturated rings. The van der Waals surface area contributed by atoms with E-state index < -0.39 is 6.10 Å². The highest BCUT2D eigenvalue weighted by Crippen LogP contribution is 2.34. The minimum atomic E-state index is -0.546. The molecule has 2 aromatic rings. The van der Waals surface area contributed by atoms with Gasteiger partial charge < -0.3 is 9.84 Å². The van der Waals surface area contributed by atoms with Crippen LogP contribution in [-0.2, 0) is 11.2 Å². The zero-order valence-corrected chi connectivity index (χ0v) is 11.7. The molecule has 3 nitrogen and oxygen atoms in total. The molecule has 0 radical (unpaired) electrons. The first-order chi connectivity index (χ1) is 9.24. The largest absolute Gasteiger partial charge is 0.386 e. The number of rotatable bonds is 3. The Kier molecular flexibility index (Phi) is 3.64. The van der Waals surface area contributed by atoms with Gasteiger partial charge in [0.1, 0.15) is 11.1 Å². The van der Waals surface area contributed by atoms with E-state index in [0.717, 1.165) is 23.7 Å². The van der Waals surface area contributed by atoms with E-state index in [2.05, 4.69) is 23.2 Å². The molecular weight excluding hydrogens is 258 g/mol. The van der Waals surface area contributed by atoms with Crippen LogP contribution in [0.5, 0.6) is 0 Å². The van der Waals surface area contributed by atoms with Crippen LogP contribution in [0, 0.1) is 6.92 Å². The molecular formula is C15H17NO2S. The van der Waals surface area contributed by atoms with Crippen LogP contribution in [0.15, 0.2) is 29.6 Å². The Morgan fingerprint density at radius 3 is 3.11 bits per heavy atom. The number of aliphatic hydroxyl groups excluding tert-OH is 1. The van der Waals surface area contributed by atoms with Crippen LogP contribution < -0.4 is 0 Å². The minimum absolute atomic E-state index is 0.0239. The van der Waals surface area contributed by atoms with E-state index in [1.54, 1.807) is 0 Å². The molecule has 1 aromatic heterocycles. The van der Waals surface area contributed by atoms with Crippen LogP contribution in [-0.4, -0.2) is 16.7 Å². The van der Waals surface area contributed by atoms with Gasteiger partial charge in [0.05, 0.1) is 12.7 Å². The van der Waals surface area contributed by atoms with Crippen LogP contribution in [0.2, 0.25) is 0 Å².